The summed E-state index contributed by atoms with van der Waals surface area (Å²) in [5.41, 5.74) is 1.34. The van der Waals surface area contributed by atoms with Gasteiger partial charge < -0.3 is 4.74 Å². The van der Waals surface area contributed by atoms with Crippen LogP contribution >= 0.6 is 34.8 Å². The van der Waals surface area contributed by atoms with Crippen molar-refractivity contribution in [2.45, 2.75) is 6.42 Å². The van der Waals surface area contributed by atoms with Crippen LogP contribution in [0.15, 0.2) is 36.4 Å². The molecule has 0 N–H and O–H groups in total. The zero-order valence-corrected chi connectivity index (χ0v) is 12.9. The summed E-state index contributed by atoms with van der Waals surface area (Å²) in [6.45, 7) is 0. The van der Waals surface area contributed by atoms with Gasteiger partial charge in [-0.2, -0.15) is 0 Å². The molecule has 0 aliphatic carbocycles. The number of hydrogen-bond donors (Lipinski definition) is 0. The van der Waals surface area contributed by atoms with Crippen molar-refractivity contribution in [1.29, 1.82) is 0 Å². The summed E-state index contributed by atoms with van der Waals surface area (Å²) in [5, 5.41) is 1.38. The van der Waals surface area contributed by atoms with Gasteiger partial charge in [-0.1, -0.05) is 40.9 Å². The third-order valence-corrected chi connectivity index (χ3v) is 3.87. The van der Waals surface area contributed by atoms with E-state index in [0.29, 0.717) is 26.4 Å². The Labute approximate surface area is 132 Å². The van der Waals surface area contributed by atoms with Crippen molar-refractivity contribution in [3.05, 3.63) is 62.6 Å². The number of Topliss-reactive ketones (excluding diaryl/α,β-unsaturated/α-hetero) is 1. The van der Waals surface area contributed by atoms with Crippen LogP contribution in [-0.2, 0) is 6.42 Å². The van der Waals surface area contributed by atoms with Gasteiger partial charge in [-0.25, -0.2) is 0 Å². The van der Waals surface area contributed by atoms with E-state index in [9.17, 15) is 4.79 Å². The maximum absolute atomic E-state index is 12.2. The summed E-state index contributed by atoms with van der Waals surface area (Å²) < 4.78 is 5.10. The molecule has 0 unspecified atom stereocenters. The Balaban J connectivity index is 2.21. The lowest BCUT2D eigenvalue weighted by molar-refractivity contribution is 0.0992. The Bertz CT molecular complexity index is 654. The molecule has 104 valence electrons. The second-order valence-electron chi connectivity index (χ2n) is 4.20. The van der Waals surface area contributed by atoms with E-state index in [-0.39, 0.29) is 12.2 Å². The topological polar surface area (TPSA) is 26.3 Å². The number of benzene rings is 2. The quantitative estimate of drug-likeness (QED) is 0.731. The van der Waals surface area contributed by atoms with Crippen molar-refractivity contribution in [3.63, 3.8) is 0 Å². The average Bonchev–Trinajstić information content (AvgIpc) is 2.43. The summed E-state index contributed by atoms with van der Waals surface area (Å²) in [6.07, 6.45) is 0.238. The monoisotopic (exact) mass is 328 g/mol. The molecular formula is C15H11Cl3O2. The third kappa shape index (κ3) is 3.45. The molecule has 0 aromatic heterocycles. The maximum Gasteiger partial charge on any atom is 0.167 e. The molecule has 0 fully saturated rings. The number of halogens is 3. The van der Waals surface area contributed by atoms with Gasteiger partial charge in [0.05, 0.1) is 22.2 Å². The van der Waals surface area contributed by atoms with Gasteiger partial charge >= 0.3 is 0 Å². The summed E-state index contributed by atoms with van der Waals surface area (Å²) in [5.74, 6) is 0.435. The Morgan fingerprint density at radius 3 is 2.35 bits per heavy atom. The first-order chi connectivity index (χ1) is 9.51. The molecule has 2 nitrogen and oxygen atoms in total. The van der Waals surface area contributed by atoms with Crippen LogP contribution in [0.4, 0.5) is 0 Å². The molecule has 0 radical (unpaired) electrons. The SMILES string of the molecule is COc1cc(C(=O)Cc2ccc(Cl)c(Cl)c2)ccc1Cl. The smallest absolute Gasteiger partial charge is 0.167 e. The lowest BCUT2D eigenvalue weighted by Gasteiger charge is -2.07. The van der Waals surface area contributed by atoms with Crippen LogP contribution in [0.5, 0.6) is 5.75 Å². The van der Waals surface area contributed by atoms with Crippen LogP contribution in [0.25, 0.3) is 0 Å². The average molecular weight is 330 g/mol. The molecule has 0 amide bonds. The summed E-state index contributed by atoms with van der Waals surface area (Å²) in [6, 6.07) is 10.1. The fourth-order valence-corrected chi connectivity index (χ4v) is 2.29. The van der Waals surface area contributed by atoms with Crippen LogP contribution in [-0.4, -0.2) is 12.9 Å². The Morgan fingerprint density at radius 1 is 1.00 bits per heavy atom. The fourth-order valence-electron chi connectivity index (χ4n) is 1.77. The highest BCUT2D eigenvalue weighted by Gasteiger charge is 2.11. The number of carbonyl (C=O) groups excluding carboxylic acids is 1. The van der Waals surface area contributed by atoms with Gasteiger partial charge in [-0.3, -0.25) is 4.79 Å². The molecule has 0 aliphatic rings. The predicted octanol–water partition coefficient (Wildman–Crippen LogP) is 5.08. The minimum atomic E-state index is -0.0432. The van der Waals surface area contributed by atoms with E-state index < -0.39 is 0 Å². The van der Waals surface area contributed by atoms with Crippen molar-refractivity contribution in [1.82, 2.24) is 0 Å². The van der Waals surface area contributed by atoms with Crippen LogP contribution in [0.3, 0.4) is 0 Å². The van der Waals surface area contributed by atoms with Gasteiger partial charge in [0.25, 0.3) is 0 Å². The van der Waals surface area contributed by atoms with E-state index in [1.54, 1.807) is 36.4 Å². The van der Waals surface area contributed by atoms with Crippen molar-refractivity contribution in [3.8, 4) is 5.75 Å². The molecule has 0 saturated carbocycles. The molecule has 0 bridgehead atoms. The third-order valence-electron chi connectivity index (χ3n) is 2.82. The van der Waals surface area contributed by atoms with Crippen molar-refractivity contribution in [2.75, 3.05) is 7.11 Å². The standard InChI is InChI=1S/C15H11Cl3O2/c1-20-15-8-10(3-5-12(15)17)14(19)7-9-2-4-11(16)13(18)6-9/h2-6,8H,7H2,1H3. The summed E-state index contributed by atoms with van der Waals surface area (Å²) in [4.78, 5) is 12.2. The van der Waals surface area contributed by atoms with Gasteiger partial charge in [0.15, 0.2) is 5.78 Å². The highest BCUT2D eigenvalue weighted by molar-refractivity contribution is 6.42. The predicted molar refractivity (Wildman–Crippen MR) is 82.5 cm³/mol. The number of rotatable bonds is 4. The van der Waals surface area contributed by atoms with Crippen LogP contribution in [0, 0.1) is 0 Å². The van der Waals surface area contributed by atoms with Crippen molar-refractivity contribution < 1.29 is 9.53 Å². The van der Waals surface area contributed by atoms with E-state index in [0.717, 1.165) is 5.56 Å². The van der Waals surface area contributed by atoms with Crippen molar-refractivity contribution >= 4 is 40.6 Å². The van der Waals surface area contributed by atoms with Crippen LogP contribution in [0.1, 0.15) is 15.9 Å². The molecule has 0 spiro atoms. The zero-order chi connectivity index (χ0) is 14.7. The van der Waals surface area contributed by atoms with E-state index in [1.807, 2.05) is 0 Å². The zero-order valence-electron chi connectivity index (χ0n) is 10.6. The first-order valence-electron chi connectivity index (χ1n) is 5.82. The molecule has 2 aromatic rings. The van der Waals surface area contributed by atoms with Gasteiger partial charge in [0.1, 0.15) is 5.75 Å². The largest absolute Gasteiger partial charge is 0.495 e. The second kappa shape index (κ2) is 6.49. The highest BCUT2D eigenvalue weighted by Crippen LogP contribution is 2.26. The number of ketones is 1. The molecule has 2 rings (SSSR count). The normalized spacial score (nSPS) is 10.4. The molecule has 0 atom stereocenters. The molecule has 5 heteroatoms. The highest BCUT2D eigenvalue weighted by atomic mass is 35.5. The van der Waals surface area contributed by atoms with Gasteiger partial charge in [0.2, 0.25) is 0 Å². The van der Waals surface area contributed by atoms with Gasteiger partial charge in [-0.15, -0.1) is 0 Å². The lowest BCUT2D eigenvalue weighted by atomic mass is 10.0. The number of ether oxygens (including phenoxy) is 1. The number of methoxy groups -OCH3 is 1. The Hall–Kier alpha value is -1.22. The summed E-state index contributed by atoms with van der Waals surface area (Å²) >= 11 is 17.7. The number of carbonyl (C=O) groups is 1. The first kappa shape index (κ1) is 15.2. The Kier molecular flexibility index (Phi) is 4.92. The molecule has 0 heterocycles. The van der Waals surface area contributed by atoms with Crippen molar-refractivity contribution in [2.24, 2.45) is 0 Å². The maximum atomic E-state index is 12.2. The van der Waals surface area contributed by atoms with Crippen LogP contribution in [0.2, 0.25) is 15.1 Å². The molecule has 0 aliphatic heterocycles. The Morgan fingerprint density at radius 2 is 1.70 bits per heavy atom. The molecule has 2 aromatic carbocycles. The lowest BCUT2D eigenvalue weighted by Crippen LogP contribution is -2.04. The molecule has 20 heavy (non-hydrogen) atoms. The van der Waals surface area contributed by atoms with E-state index in [1.165, 1.54) is 7.11 Å². The minimum absolute atomic E-state index is 0.0432. The molecular weight excluding hydrogens is 319 g/mol. The fraction of sp³-hybridized carbons (Fsp3) is 0.133. The van der Waals surface area contributed by atoms with Gasteiger partial charge in [-0.05, 0) is 35.9 Å². The van der Waals surface area contributed by atoms with E-state index in [4.69, 9.17) is 39.5 Å². The van der Waals surface area contributed by atoms with E-state index in [2.05, 4.69) is 0 Å². The first-order valence-corrected chi connectivity index (χ1v) is 6.95. The molecule has 0 saturated heterocycles. The summed E-state index contributed by atoms with van der Waals surface area (Å²) in [7, 11) is 1.51. The minimum Gasteiger partial charge on any atom is -0.495 e. The van der Waals surface area contributed by atoms with Gasteiger partial charge in [0, 0.05) is 12.0 Å². The number of hydrogen-bond acceptors (Lipinski definition) is 2. The van der Waals surface area contributed by atoms with E-state index >= 15 is 0 Å². The van der Waals surface area contributed by atoms with Crippen LogP contribution < -0.4 is 4.74 Å². The second-order valence-corrected chi connectivity index (χ2v) is 5.42.